The average Bonchev–Trinajstić information content (AvgIpc) is 2.73. The SMILES string of the molecule is CN1Cc2cc(N3CCCCC3)ccc2C(c2ccc3nnccc3c2)C1. The molecule has 138 valence electrons. The molecule has 3 heterocycles. The lowest BCUT2D eigenvalue weighted by Gasteiger charge is -2.35. The first-order valence-corrected chi connectivity index (χ1v) is 10.1. The third kappa shape index (κ3) is 3.19. The fourth-order valence-electron chi connectivity index (χ4n) is 4.69. The molecule has 2 aliphatic rings. The van der Waals surface area contributed by atoms with Crippen molar-refractivity contribution in [2.24, 2.45) is 0 Å². The Morgan fingerprint density at radius 1 is 0.963 bits per heavy atom. The number of anilines is 1. The van der Waals surface area contributed by atoms with Gasteiger partial charge in [0.2, 0.25) is 0 Å². The fourth-order valence-corrected chi connectivity index (χ4v) is 4.69. The molecular formula is C23H26N4. The van der Waals surface area contributed by atoms with Crippen LogP contribution in [0, 0.1) is 0 Å². The van der Waals surface area contributed by atoms with Gasteiger partial charge in [-0.25, -0.2) is 0 Å². The van der Waals surface area contributed by atoms with E-state index in [0.717, 1.165) is 18.6 Å². The average molecular weight is 358 g/mol. The van der Waals surface area contributed by atoms with Crippen LogP contribution in [0.25, 0.3) is 10.9 Å². The van der Waals surface area contributed by atoms with E-state index >= 15 is 0 Å². The van der Waals surface area contributed by atoms with Gasteiger partial charge in [-0.3, -0.25) is 0 Å². The number of nitrogens with zero attached hydrogens (tertiary/aromatic N) is 4. The van der Waals surface area contributed by atoms with Gasteiger partial charge in [0.05, 0.1) is 11.7 Å². The van der Waals surface area contributed by atoms with Crippen molar-refractivity contribution >= 4 is 16.6 Å². The standard InChI is InChI=1S/C23H26N4/c1-26-15-19-14-20(27-11-3-2-4-12-27)6-7-21(19)22(16-26)17-5-8-23-18(13-17)9-10-24-25-23/h5-10,13-14,22H,2-4,11-12,15-16H2,1H3. The molecule has 0 amide bonds. The maximum absolute atomic E-state index is 4.22. The van der Waals surface area contributed by atoms with Crippen LogP contribution in [-0.4, -0.2) is 41.8 Å². The summed E-state index contributed by atoms with van der Waals surface area (Å²) in [6.45, 7) is 4.49. The van der Waals surface area contributed by atoms with Gasteiger partial charge < -0.3 is 9.80 Å². The molecule has 0 spiro atoms. The Bertz CT molecular complexity index is 962. The van der Waals surface area contributed by atoms with E-state index in [9.17, 15) is 0 Å². The van der Waals surface area contributed by atoms with E-state index in [1.165, 1.54) is 60.1 Å². The molecule has 1 unspecified atom stereocenters. The number of benzene rings is 2. The van der Waals surface area contributed by atoms with Gasteiger partial charge in [0.25, 0.3) is 0 Å². The van der Waals surface area contributed by atoms with Crippen LogP contribution in [0.3, 0.4) is 0 Å². The summed E-state index contributed by atoms with van der Waals surface area (Å²) in [5.41, 5.74) is 6.69. The Hall–Kier alpha value is -2.46. The van der Waals surface area contributed by atoms with Crippen LogP contribution in [0.5, 0.6) is 0 Å². The Morgan fingerprint density at radius 3 is 2.74 bits per heavy atom. The summed E-state index contributed by atoms with van der Waals surface area (Å²) in [4.78, 5) is 5.00. The van der Waals surface area contributed by atoms with Crippen molar-refractivity contribution < 1.29 is 0 Å². The van der Waals surface area contributed by atoms with Crippen LogP contribution in [0.2, 0.25) is 0 Å². The first-order chi connectivity index (χ1) is 13.3. The molecule has 0 aliphatic carbocycles. The normalized spacial score (nSPS) is 20.6. The van der Waals surface area contributed by atoms with Crippen molar-refractivity contribution in [1.29, 1.82) is 0 Å². The van der Waals surface area contributed by atoms with Gasteiger partial charge in [0.15, 0.2) is 0 Å². The topological polar surface area (TPSA) is 32.3 Å². The molecule has 4 nitrogen and oxygen atoms in total. The Labute approximate surface area is 160 Å². The number of hydrogen-bond acceptors (Lipinski definition) is 4. The number of hydrogen-bond donors (Lipinski definition) is 0. The summed E-state index contributed by atoms with van der Waals surface area (Å²) < 4.78 is 0. The summed E-state index contributed by atoms with van der Waals surface area (Å²) in [7, 11) is 2.23. The largest absolute Gasteiger partial charge is 0.372 e. The van der Waals surface area contributed by atoms with Crippen LogP contribution >= 0.6 is 0 Å². The third-order valence-electron chi connectivity index (χ3n) is 6.10. The predicted molar refractivity (Wildman–Crippen MR) is 110 cm³/mol. The lowest BCUT2D eigenvalue weighted by molar-refractivity contribution is 0.295. The van der Waals surface area contributed by atoms with Crippen molar-refractivity contribution in [3.63, 3.8) is 0 Å². The van der Waals surface area contributed by atoms with Gasteiger partial charge in [-0.1, -0.05) is 12.1 Å². The van der Waals surface area contributed by atoms with Crippen molar-refractivity contribution in [3.05, 3.63) is 65.4 Å². The molecule has 2 aliphatic heterocycles. The van der Waals surface area contributed by atoms with E-state index in [1.54, 1.807) is 6.20 Å². The molecule has 0 bridgehead atoms. The molecular weight excluding hydrogens is 332 g/mol. The highest BCUT2D eigenvalue weighted by atomic mass is 15.1. The third-order valence-corrected chi connectivity index (χ3v) is 6.10. The Morgan fingerprint density at radius 2 is 1.85 bits per heavy atom. The molecule has 2 aromatic carbocycles. The van der Waals surface area contributed by atoms with E-state index in [2.05, 4.69) is 69.5 Å². The highest BCUT2D eigenvalue weighted by molar-refractivity contribution is 5.78. The monoisotopic (exact) mass is 358 g/mol. The van der Waals surface area contributed by atoms with E-state index in [1.807, 2.05) is 0 Å². The molecule has 1 aromatic heterocycles. The summed E-state index contributed by atoms with van der Waals surface area (Å²) in [5, 5.41) is 9.39. The number of likely N-dealkylation sites (N-methyl/N-ethyl adjacent to an activating group) is 1. The molecule has 0 radical (unpaired) electrons. The van der Waals surface area contributed by atoms with E-state index < -0.39 is 0 Å². The highest BCUT2D eigenvalue weighted by Gasteiger charge is 2.26. The second-order valence-electron chi connectivity index (χ2n) is 8.03. The highest BCUT2D eigenvalue weighted by Crippen LogP contribution is 2.36. The van der Waals surface area contributed by atoms with E-state index in [-0.39, 0.29) is 0 Å². The lowest BCUT2D eigenvalue weighted by atomic mass is 9.84. The second-order valence-corrected chi connectivity index (χ2v) is 8.03. The van der Waals surface area contributed by atoms with Crippen LogP contribution in [0.15, 0.2) is 48.7 Å². The zero-order chi connectivity index (χ0) is 18.2. The molecule has 0 N–H and O–H groups in total. The van der Waals surface area contributed by atoms with Crippen LogP contribution < -0.4 is 4.90 Å². The summed E-state index contributed by atoms with van der Waals surface area (Å²) in [5.74, 6) is 0.409. The maximum Gasteiger partial charge on any atom is 0.0929 e. The number of piperidine rings is 1. The van der Waals surface area contributed by atoms with Crippen molar-refractivity contribution in [2.75, 3.05) is 31.6 Å². The zero-order valence-corrected chi connectivity index (χ0v) is 15.9. The first kappa shape index (κ1) is 16.7. The molecule has 1 atom stereocenters. The molecule has 0 saturated carbocycles. The predicted octanol–water partition coefficient (Wildman–Crippen LogP) is 4.20. The fraction of sp³-hybridized carbons (Fsp3) is 0.391. The van der Waals surface area contributed by atoms with Gasteiger partial charge in [0, 0.05) is 43.2 Å². The van der Waals surface area contributed by atoms with Gasteiger partial charge in [-0.05, 0) is 73.3 Å². The van der Waals surface area contributed by atoms with Crippen LogP contribution in [0.4, 0.5) is 5.69 Å². The first-order valence-electron chi connectivity index (χ1n) is 10.1. The van der Waals surface area contributed by atoms with Gasteiger partial charge in [-0.15, -0.1) is 0 Å². The number of fused-ring (bicyclic) bond motifs is 2. The minimum absolute atomic E-state index is 0.409. The summed E-state index contributed by atoms with van der Waals surface area (Å²) >= 11 is 0. The van der Waals surface area contributed by atoms with Crippen molar-refractivity contribution in [2.45, 2.75) is 31.7 Å². The quantitative estimate of drug-likeness (QED) is 0.687. The maximum atomic E-state index is 4.22. The molecule has 27 heavy (non-hydrogen) atoms. The molecule has 1 fully saturated rings. The number of rotatable bonds is 2. The minimum atomic E-state index is 0.409. The molecule has 4 heteroatoms. The van der Waals surface area contributed by atoms with E-state index in [0.29, 0.717) is 5.92 Å². The Kier molecular flexibility index (Phi) is 4.29. The van der Waals surface area contributed by atoms with Gasteiger partial charge in [0.1, 0.15) is 0 Å². The van der Waals surface area contributed by atoms with Crippen molar-refractivity contribution in [3.8, 4) is 0 Å². The lowest BCUT2D eigenvalue weighted by Crippen LogP contribution is -2.32. The summed E-state index contributed by atoms with van der Waals surface area (Å²) in [6, 6.07) is 15.8. The van der Waals surface area contributed by atoms with E-state index in [4.69, 9.17) is 0 Å². The molecule has 3 aromatic rings. The van der Waals surface area contributed by atoms with Gasteiger partial charge in [-0.2, -0.15) is 10.2 Å². The van der Waals surface area contributed by atoms with Crippen LogP contribution in [-0.2, 0) is 6.54 Å². The van der Waals surface area contributed by atoms with Gasteiger partial charge >= 0.3 is 0 Å². The zero-order valence-electron chi connectivity index (χ0n) is 15.9. The number of aromatic nitrogens is 2. The summed E-state index contributed by atoms with van der Waals surface area (Å²) in [6.07, 6.45) is 5.79. The second kappa shape index (κ2) is 6.93. The minimum Gasteiger partial charge on any atom is -0.372 e. The molecule has 5 rings (SSSR count). The van der Waals surface area contributed by atoms with Crippen LogP contribution in [0.1, 0.15) is 41.9 Å². The smallest absolute Gasteiger partial charge is 0.0929 e. The van der Waals surface area contributed by atoms with Crippen molar-refractivity contribution in [1.82, 2.24) is 15.1 Å². The molecule has 1 saturated heterocycles. The Balaban J connectivity index is 1.53.